The largest absolute Gasteiger partial charge is 0.354 e. The molecule has 2 rings (SSSR count). The van der Waals surface area contributed by atoms with Crippen molar-refractivity contribution < 1.29 is 4.79 Å². The third-order valence-electron chi connectivity index (χ3n) is 3.54. The highest BCUT2D eigenvalue weighted by atomic mass is 35.5. The second-order valence-electron chi connectivity index (χ2n) is 4.80. The average molecular weight is 288 g/mol. The van der Waals surface area contributed by atoms with Gasteiger partial charge in [-0.15, -0.1) is 11.6 Å². The first-order valence-electron chi connectivity index (χ1n) is 6.65. The number of carbonyl (C=O) groups excluding carboxylic acids is 1. The highest BCUT2D eigenvalue weighted by Gasteiger charge is 2.36. The first kappa shape index (κ1) is 14.6. The van der Waals surface area contributed by atoms with Crippen LogP contribution in [-0.4, -0.2) is 18.3 Å². The van der Waals surface area contributed by atoms with Crippen LogP contribution in [0, 0.1) is 0 Å². The van der Waals surface area contributed by atoms with Gasteiger partial charge in [0, 0.05) is 12.4 Å². The van der Waals surface area contributed by atoms with Crippen LogP contribution < -0.4 is 5.32 Å². The van der Waals surface area contributed by atoms with Gasteiger partial charge in [-0.3, -0.25) is 4.79 Å². The number of nitrogens with one attached hydrogen (secondary N) is 1. The Morgan fingerprint density at radius 2 is 1.45 bits per heavy atom. The number of benzene rings is 2. The van der Waals surface area contributed by atoms with Crippen LogP contribution in [0.5, 0.6) is 0 Å². The van der Waals surface area contributed by atoms with Crippen molar-refractivity contribution in [2.45, 2.75) is 12.3 Å². The van der Waals surface area contributed by atoms with Crippen LogP contribution >= 0.6 is 11.6 Å². The molecular formula is C17H18ClNO. The molecule has 0 atom stereocenters. The minimum absolute atomic E-state index is 0.0319. The van der Waals surface area contributed by atoms with E-state index in [9.17, 15) is 4.79 Å². The maximum Gasteiger partial charge on any atom is 0.234 e. The maximum atomic E-state index is 12.7. The zero-order valence-electron chi connectivity index (χ0n) is 11.5. The molecule has 3 heteroatoms. The lowest BCUT2D eigenvalue weighted by Gasteiger charge is -2.29. The molecule has 0 saturated heterocycles. The molecular weight excluding hydrogens is 270 g/mol. The monoisotopic (exact) mass is 287 g/mol. The van der Waals surface area contributed by atoms with E-state index in [0.717, 1.165) is 11.1 Å². The summed E-state index contributed by atoms with van der Waals surface area (Å²) in [6.07, 6.45) is 0. The van der Waals surface area contributed by atoms with Crippen LogP contribution in [0.1, 0.15) is 18.1 Å². The van der Waals surface area contributed by atoms with E-state index in [1.54, 1.807) is 0 Å². The van der Waals surface area contributed by atoms with Gasteiger partial charge in [0.05, 0.1) is 5.41 Å². The van der Waals surface area contributed by atoms with Crippen molar-refractivity contribution in [3.8, 4) is 0 Å². The highest BCUT2D eigenvalue weighted by molar-refractivity contribution is 6.18. The number of halogens is 1. The molecule has 0 heterocycles. The van der Waals surface area contributed by atoms with Crippen molar-refractivity contribution >= 4 is 17.5 Å². The molecule has 0 saturated carbocycles. The van der Waals surface area contributed by atoms with E-state index in [1.165, 1.54) is 0 Å². The van der Waals surface area contributed by atoms with Crippen LogP contribution in [0.15, 0.2) is 60.7 Å². The Morgan fingerprint density at radius 1 is 1.00 bits per heavy atom. The molecule has 104 valence electrons. The van der Waals surface area contributed by atoms with Crippen LogP contribution in [-0.2, 0) is 10.2 Å². The van der Waals surface area contributed by atoms with E-state index in [2.05, 4.69) is 5.32 Å². The second kappa shape index (κ2) is 6.58. The predicted molar refractivity (Wildman–Crippen MR) is 83.1 cm³/mol. The van der Waals surface area contributed by atoms with Crippen molar-refractivity contribution in [2.75, 3.05) is 12.4 Å². The van der Waals surface area contributed by atoms with Crippen molar-refractivity contribution in [3.63, 3.8) is 0 Å². The molecule has 2 nitrogen and oxygen atoms in total. The molecule has 0 aliphatic rings. The van der Waals surface area contributed by atoms with Gasteiger partial charge >= 0.3 is 0 Å². The summed E-state index contributed by atoms with van der Waals surface area (Å²) in [4.78, 5) is 12.7. The van der Waals surface area contributed by atoms with Crippen LogP contribution in [0.25, 0.3) is 0 Å². The zero-order chi connectivity index (χ0) is 14.4. The second-order valence-corrected chi connectivity index (χ2v) is 5.18. The number of amides is 1. The summed E-state index contributed by atoms with van der Waals surface area (Å²) in [6.45, 7) is 2.41. The lowest BCUT2D eigenvalue weighted by Crippen LogP contribution is -2.43. The van der Waals surface area contributed by atoms with Gasteiger partial charge in [0.15, 0.2) is 0 Å². The summed E-state index contributed by atoms with van der Waals surface area (Å²) in [5, 5.41) is 2.90. The Kier molecular flexibility index (Phi) is 4.80. The third-order valence-corrected chi connectivity index (χ3v) is 3.73. The van der Waals surface area contributed by atoms with Gasteiger partial charge in [0.1, 0.15) is 0 Å². The summed E-state index contributed by atoms with van der Waals surface area (Å²) in [7, 11) is 0. The van der Waals surface area contributed by atoms with Crippen molar-refractivity contribution in [3.05, 3.63) is 71.8 Å². The average Bonchev–Trinajstić information content (AvgIpc) is 2.53. The first-order chi connectivity index (χ1) is 9.69. The number of alkyl halides is 1. The third kappa shape index (κ3) is 2.86. The number of hydrogen-bond acceptors (Lipinski definition) is 1. The van der Waals surface area contributed by atoms with Crippen molar-refractivity contribution in [1.29, 1.82) is 0 Å². The molecule has 20 heavy (non-hydrogen) atoms. The summed E-state index contributed by atoms with van der Waals surface area (Å²) in [5.41, 5.74) is 1.23. The van der Waals surface area contributed by atoms with Gasteiger partial charge in [-0.2, -0.15) is 0 Å². The summed E-state index contributed by atoms with van der Waals surface area (Å²) in [5.74, 6) is 0.376. The summed E-state index contributed by atoms with van der Waals surface area (Å²) >= 11 is 5.67. The molecule has 0 unspecified atom stereocenters. The fourth-order valence-corrected chi connectivity index (χ4v) is 2.40. The van der Waals surface area contributed by atoms with Crippen molar-refractivity contribution in [2.24, 2.45) is 0 Å². The number of carbonyl (C=O) groups is 1. The zero-order valence-corrected chi connectivity index (χ0v) is 12.2. The molecule has 0 fully saturated rings. The predicted octanol–water partition coefficient (Wildman–Crippen LogP) is 3.35. The first-order valence-corrected chi connectivity index (χ1v) is 7.18. The molecule has 0 radical (unpaired) electrons. The lowest BCUT2D eigenvalue weighted by atomic mass is 9.75. The van der Waals surface area contributed by atoms with Gasteiger partial charge in [-0.05, 0) is 18.1 Å². The molecule has 0 bridgehead atoms. The Balaban J connectivity index is 2.46. The van der Waals surface area contributed by atoms with Gasteiger partial charge < -0.3 is 5.32 Å². The molecule has 0 aliphatic heterocycles. The molecule has 0 spiro atoms. The minimum Gasteiger partial charge on any atom is -0.354 e. The van der Waals surface area contributed by atoms with Crippen LogP contribution in [0.4, 0.5) is 0 Å². The molecule has 1 amide bonds. The fourth-order valence-electron chi connectivity index (χ4n) is 2.31. The Labute approximate surface area is 124 Å². The minimum atomic E-state index is -0.714. The smallest absolute Gasteiger partial charge is 0.234 e. The van der Waals surface area contributed by atoms with E-state index >= 15 is 0 Å². The highest BCUT2D eigenvalue weighted by Crippen LogP contribution is 2.32. The van der Waals surface area contributed by atoms with E-state index in [-0.39, 0.29) is 5.91 Å². The Morgan fingerprint density at radius 3 is 1.85 bits per heavy atom. The van der Waals surface area contributed by atoms with E-state index in [0.29, 0.717) is 12.4 Å². The number of rotatable bonds is 5. The van der Waals surface area contributed by atoms with Crippen LogP contribution in [0.2, 0.25) is 0 Å². The number of hydrogen-bond donors (Lipinski definition) is 1. The fraction of sp³-hybridized carbons (Fsp3) is 0.235. The summed E-state index contributed by atoms with van der Waals surface area (Å²) in [6, 6.07) is 19.6. The normalized spacial score (nSPS) is 11.1. The molecule has 0 aliphatic carbocycles. The van der Waals surface area contributed by atoms with Gasteiger partial charge in [-0.25, -0.2) is 0 Å². The lowest BCUT2D eigenvalue weighted by molar-refractivity contribution is -0.124. The van der Waals surface area contributed by atoms with E-state index < -0.39 is 5.41 Å². The van der Waals surface area contributed by atoms with Crippen LogP contribution in [0.3, 0.4) is 0 Å². The standard InChI is InChI=1S/C17H18ClNO/c1-17(16(20)19-13-12-18,14-8-4-2-5-9-14)15-10-6-3-7-11-15/h2-11H,12-13H2,1H3,(H,19,20). The summed E-state index contributed by atoms with van der Waals surface area (Å²) < 4.78 is 0. The SMILES string of the molecule is CC(C(=O)NCCCl)(c1ccccc1)c1ccccc1. The molecule has 0 aromatic heterocycles. The van der Waals surface area contributed by atoms with Crippen molar-refractivity contribution in [1.82, 2.24) is 5.32 Å². The molecule has 2 aromatic carbocycles. The van der Waals surface area contributed by atoms with Gasteiger partial charge in [0.25, 0.3) is 0 Å². The molecule has 1 N–H and O–H groups in total. The van der Waals surface area contributed by atoms with E-state index in [4.69, 9.17) is 11.6 Å². The Hall–Kier alpha value is -1.80. The topological polar surface area (TPSA) is 29.1 Å². The van der Waals surface area contributed by atoms with E-state index in [1.807, 2.05) is 67.6 Å². The maximum absolute atomic E-state index is 12.7. The van der Waals surface area contributed by atoms with Gasteiger partial charge in [-0.1, -0.05) is 60.7 Å². The quantitative estimate of drug-likeness (QED) is 0.840. The Bertz CT molecular complexity index is 514. The van der Waals surface area contributed by atoms with Gasteiger partial charge in [0.2, 0.25) is 5.91 Å². The molecule has 2 aromatic rings.